The molecule has 1 unspecified atom stereocenters. The summed E-state index contributed by atoms with van der Waals surface area (Å²) >= 11 is 0. The lowest BCUT2D eigenvalue weighted by Gasteiger charge is -2.22. The number of hydrogen-bond acceptors (Lipinski definition) is 4. The third-order valence-electron chi connectivity index (χ3n) is 4.02. The summed E-state index contributed by atoms with van der Waals surface area (Å²) in [5, 5.41) is 4.05. The fourth-order valence-electron chi connectivity index (χ4n) is 2.77. The van der Waals surface area contributed by atoms with E-state index in [0.717, 1.165) is 18.5 Å². The van der Waals surface area contributed by atoms with Gasteiger partial charge in [0.1, 0.15) is 0 Å². The van der Waals surface area contributed by atoms with E-state index in [9.17, 15) is 8.42 Å². The zero-order valence-electron chi connectivity index (χ0n) is 12.8. The summed E-state index contributed by atoms with van der Waals surface area (Å²) in [5.41, 5.74) is 0.860. The number of hydrogen-bond donors (Lipinski definition) is 0. The Balaban J connectivity index is 1.93. The van der Waals surface area contributed by atoms with Gasteiger partial charge in [-0.3, -0.25) is 0 Å². The molecule has 0 amide bonds. The second kappa shape index (κ2) is 5.85. The van der Waals surface area contributed by atoms with Crippen LogP contribution in [0.15, 0.2) is 45.8 Å². The Morgan fingerprint density at radius 1 is 1.27 bits per heavy atom. The van der Waals surface area contributed by atoms with E-state index in [-0.39, 0.29) is 12.0 Å². The van der Waals surface area contributed by atoms with Crippen LogP contribution in [0.5, 0.6) is 0 Å². The van der Waals surface area contributed by atoms with Gasteiger partial charge in [0.05, 0.1) is 16.6 Å². The van der Waals surface area contributed by atoms with Crippen LogP contribution >= 0.6 is 0 Å². The smallest absolute Gasteiger partial charge is 0.243 e. The van der Waals surface area contributed by atoms with Gasteiger partial charge in [-0.15, -0.1) is 0 Å². The van der Waals surface area contributed by atoms with Crippen LogP contribution in [0, 0.1) is 0 Å². The molecule has 0 saturated carbocycles. The largest absolute Gasteiger partial charge is 0.359 e. The maximum atomic E-state index is 12.8. The van der Waals surface area contributed by atoms with Crippen molar-refractivity contribution in [2.24, 2.45) is 0 Å². The molecule has 0 bridgehead atoms. The van der Waals surface area contributed by atoms with Crippen LogP contribution in [-0.4, -0.2) is 24.4 Å². The van der Waals surface area contributed by atoms with Crippen LogP contribution in [-0.2, 0) is 10.0 Å². The molecule has 2 aromatic rings. The average Bonchev–Trinajstić information content (AvgIpc) is 3.17. The summed E-state index contributed by atoms with van der Waals surface area (Å²) < 4.78 is 32.6. The Hall–Kier alpha value is -1.66. The maximum Gasteiger partial charge on any atom is 0.243 e. The molecule has 1 fully saturated rings. The van der Waals surface area contributed by atoms with Crippen molar-refractivity contribution in [3.63, 3.8) is 0 Å². The Labute approximate surface area is 131 Å². The second-order valence-electron chi connectivity index (χ2n) is 5.90. The van der Waals surface area contributed by atoms with E-state index < -0.39 is 10.0 Å². The van der Waals surface area contributed by atoms with Gasteiger partial charge in [-0.05, 0) is 30.9 Å². The van der Waals surface area contributed by atoms with Crippen molar-refractivity contribution < 1.29 is 12.9 Å². The highest BCUT2D eigenvalue weighted by Crippen LogP contribution is 2.37. The summed E-state index contributed by atoms with van der Waals surface area (Å²) in [5.74, 6) is 0.902. The van der Waals surface area contributed by atoms with Gasteiger partial charge in [0.25, 0.3) is 0 Å². The molecule has 0 N–H and O–H groups in total. The molecule has 22 heavy (non-hydrogen) atoms. The SMILES string of the molecule is CC(C)c1cc(C2CCCN2S(=O)(=O)c2ccccc2)on1. The lowest BCUT2D eigenvalue weighted by Crippen LogP contribution is -2.30. The van der Waals surface area contributed by atoms with E-state index in [1.165, 1.54) is 4.31 Å². The van der Waals surface area contributed by atoms with E-state index >= 15 is 0 Å². The first kappa shape index (κ1) is 15.2. The highest BCUT2D eigenvalue weighted by Gasteiger charge is 2.38. The molecule has 0 spiro atoms. The summed E-state index contributed by atoms with van der Waals surface area (Å²) in [6.45, 7) is 4.59. The first-order valence-electron chi connectivity index (χ1n) is 7.53. The topological polar surface area (TPSA) is 63.4 Å². The predicted molar refractivity (Wildman–Crippen MR) is 82.9 cm³/mol. The van der Waals surface area contributed by atoms with Crippen LogP contribution in [0.3, 0.4) is 0 Å². The predicted octanol–water partition coefficient (Wildman–Crippen LogP) is 3.32. The molecule has 1 aromatic heterocycles. The zero-order chi connectivity index (χ0) is 15.7. The average molecular weight is 320 g/mol. The number of benzene rings is 1. The van der Waals surface area contributed by atoms with Crippen molar-refractivity contribution in [1.82, 2.24) is 9.46 Å². The van der Waals surface area contributed by atoms with Crippen LogP contribution in [0.2, 0.25) is 0 Å². The van der Waals surface area contributed by atoms with Gasteiger partial charge in [0.2, 0.25) is 10.0 Å². The van der Waals surface area contributed by atoms with E-state index in [4.69, 9.17) is 4.52 Å². The Morgan fingerprint density at radius 3 is 2.64 bits per heavy atom. The lowest BCUT2D eigenvalue weighted by atomic mass is 10.1. The van der Waals surface area contributed by atoms with E-state index in [2.05, 4.69) is 5.16 Å². The third kappa shape index (κ3) is 2.68. The van der Waals surface area contributed by atoms with Gasteiger partial charge in [0.15, 0.2) is 5.76 Å². The molecule has 1 atom stereocenters. The molecule has 2 heterocycles. The van der Waals surface area contributed by atoms with Crippen molar-refractivity contribution in [1.29, 1.82) is 0 Å². The van der Waals surface area contributed by atoms with Gasteiger partial charge in [0, 0.05) is 12.6 Å². The van der Waals surface area contributed by atoms with Crippen LogP contribution < -0.4 is 0 Å². The minimum Gasteiger partial charge on any atom is -0.359 e. The Morgan fingerprint density at radius 2 is 2.00 bits per heavy atom. The fraction of sp³-hybridized carbons (Fsp3) is 0.438. The van der Waals surface area contributed by atoms with Crippen molar-refractivity contribution >= 4 is 10.0 Å². The summed E-state index contributed by atoms with van der Waals surface area (Å²) in [4.78, 5) is 0.325. The minimum absolute atomic E-state index is 0.259. The number of aromatic nitrogens is 1. The Kier molecular flexibility index (Phi) is 4.06. The second-order valence-corrected chi connectivity index (χ2v) is 7.79. The molecule has 1 aromatic carbocycles. The number of nitrogens with zero attached hydrogens (tertiary/aromatic N) is 2. The molecule has 3 rings (SSSR count). The van der Waals surface area contributed by atoms with Gasteiger partial charge < -0.3 is 4.52 Å². The highest BCUT2D eigenvalue weighted by atomic mass is 32.2. The molecule has 0 radical (unpaired) electrons. The standard InChI is InChI=1S/C16H20N2O3S/c1-12(2)14-11-16(21-17-14)15-9-6-10-18(15)22(19,20)13-7-4-3-5-8-13/h3-5,7-8,11-12,15H,6,9-10H2,1-2H3. The number of sulfonamides is 1. The number of rotatable bonds is 4. The molecular weight excluding hydrogens is 300 g/mol. The van der Waals surface area contributed by atoms with E-state index in [1.807, 2.05) is 26.0 Å². The minimum atomic E-state index is -3.50. The van der Waals surface area contributed by atoms with Crippen LogP contribution in [0.1, 0.15) is 50.1 Å². The molecular formula is C16H20N2O3S. The van der Waals surface area contributed by atoms with Crippen molar-refractivity contribution in [3.05, 3.63) is 47.9 Å². The first-order chi connectivity index (χ1) is 10.5. The molecule has 0 aliphatic carbocycles. The van der Waals surface area contributed by atoms with E-state index in [0.29, 0.717) is 17.2 Å². The van der Waals surface area contributed by atoms with Gasteiger partial charge in [-0.2, -0.15) is 4.31 Å². The molecule has 1 aliphatic rings. The summed E-state index contributed by atoms with van der Waals surface area (Å²) in [7, 11) is -3.50. The highest BCUT2D eigenvalue weighted by molar-refractivity contribution is 7.89. The quantitative estimate of drug-likeness (QED) is 0.867. The fourth-order valence-corrected chi connectivity index (χ4v) is 4.46. The normalized spacial score (nSPS) is 19.9. The molecule has 1 aliphatic heterocycles. The van der Waals surface area contributed by atoms with Gasteiger partial charge in [-0.25, -0.2) is 8.42 Å². The molecule has 118 valence electrons. The van der Waals surface area contributed by atoms with Crippen molar-refractivity contribution in [2.45, 2.75) is 43.5 Å². The summed E-state index contributed by atoms with van der Waals surface area (Å²) in [6, 6.07) is 10.2. The maximum absolute atomic E-state index is 12.8. The monoisotopic (exact) mass is 320 g/mol. The van der Waals surface area contributed by atoms with E-state index in [1.54, 1.807) is 24.3 Å². The summed E-state index contributed by atoms with van der Waals surface area (Å²) in [6.07, 6.45) is 1.59. The van der Waals surface area contributed by atoms with Crippen LogP contribution in [0.4, 0.5) is 0 Å². The van der Waals surface area contributed by atoms with Crippen LogP contribution in [0.25, 0.3) is 0 Å². The molecule has 1 saturated heterocycles. The molecule has 5 nitrogen and oxygen atoms in total. The third-order valence-corrected chi connectivity index (χ3v) is 5.94. The van der Waals surface area contributed by atoms with Crippen molar-refractivity contribution in [2.75, 3.05) is 6.54 Å². The first-order valence-corrected chi connectivity index (χ1v) is 8.97. The lowest BCUT2D eigenvalue weighted by molar-refractivity contribution is 0.295. The van der Waals surface area contributed by atoms with Crippen molar-refractivity contribution in [3.8, 4) is 0 Å². The molecule has 6 heteroatoms. The van der Waals surface area contributed by atoms with Gasteiger partial charge >= 0.3 is 0 Å². The Bertz CT molecular complexity index is 738. The van der Waals surface area contributed by atoms with Gasteiger partial charge in [-0.1, -0.05) is 37.2 Å². The zero-order valence-corrected chi connectivity index (χ0v) is 13.6.